The van der Waals surface area contributed by atoms with Crippen molar-refractivity contribution >= 4 is 34.7 Å². The number of amides is 1. The Balaban J connectivity index is 1.81. The van der Waals surface area contributed by atoms with Gasteiger partial charge in [0.15, 0.2) is 0 Å². The number of aryl methyl sites for hydroxylation is 2. The van der Waals surface area contributed by atoms with Crippen molar-refractivity contribution in [3.05, 3.63) is 70.6 Å². The number of hydrogen-bond acceptors (Lipinski definition) is 5. The fraction of sp³-hybridized carbons (Fsp3) is 0.150. The molecule has 0 fully saturated rings. The second kappa shape index (κ2) is 8.05. The number of methoxy groups -OCH3 is 1. The van der Waals surface area contributed by atoms with E-state index in [1.807, 2.05) is 37.3 Å². The normalized spacial score (nSPS) is 10.4. The average Bonchev–Trinajstić information content (AvgIpc) is 2.61. The molecule has 3 rings (SSSR count). The highest BCUT2D eigenvalue weighted by Gasteiger charge is 2.12. The van der Waals surface area contributed by atoms with Gasteiger partial charge in [0.25, 0.3) is 5.91 Å². The Kier molecular flexibility index (Phi) is 5.57. The van der Waals surface area contributed by atoms with Crippen LogP contribution in [0.3, 0.4) is 0 Å². The number of halogens is 1. The lowest BCUT2D eigenvalue weighted by atomic mass is 10.2. The van der Waals surface area contributed by atoms with E-state index < -0.39 is 0 Å². The van der Waals surface area contributed by atoms with Crippen LogP contribution in [0.25, 0.3) is 0 Å². The van der Waals surface area contributed by atoms with Crippen molar-refractivity contribution in [3.8, 4) is 5.75 Å². The quantitative estimate of drug-likeness (QED) is 0.665. The predicted octanol–water partition coefficient (Wildman–Crippen LogP) is 4.75. The Labute approximate surface area is 162 Å². The van der Waals surface area contributed by atoms with Gasteiger partial charge in [-0.05, 0) is 49.7 Å². The number of aromatic nitrogens is 2. The van der Waals surface area contributed by atoms with Gasteiger partial charge >= 0.3 is 0 Å². The SMILES string of the molecule is COc1ccc(Nc2cc(C(=O)Nc3cccc(C)c3)nc(C)n2)cc1Cl. The van der Waals surface area contributed by atoms with E-state index in [0.29, 0.717) is 28.1 Å². The van der Waals surface area contributed by atoms with E-state index in [1.165, 1.54) is 0 Å². The Bertz CT molecular complexity index is 991. The van der Waals surface area contributed by atoms with Crippen molar-refractivity contribution in [2.24, 2.45) is 0 Å². The largest absolute Gasteiger partial charge is 0.495 e. The van der Waals surface area contributed by atoms with E-state index in [1.54, 1.807) is 32.2 Å². The van der Waals surface area contributed by atoms with Crippen LogP contribution in [0.2, 0.25) is 5.02 Å². The van der Waals surface area contributed by atoms with Crippen LogP contribution in [0.1, 0.15) is 21.9 Å². The summed E-state index contributed by atoms with van der Waals surface area (Å²) in [5.41, 5.74) is 2.77. The molecule has 0 radical (unpaired) electrons. The first-order chi connectivity index (χ1) is 12.9. The molecule has 27 heavy (non-hydrogen) atoms. The molecule has 1 aromatic heterocycles. The van der Waals surface area contributed by atoms with Crippen LogP contribution in [-0.2, 0) is 0 Å². The highest BCUT2D eigenvalue weighted by molar-refractivity contribution is 6.32. The van der Waals surface area contributed by atoms with E-state index in [9.17, 15) is 4.79 Å². The minimum atomic E-state index is -0.304. The molecule has 138 valence electrons. The zero-order chi connectivity index (χ0) is 19.4. The summed E-state index contributed by atoms with van der Waals surface area (Å²) < 4.78 is 5.15. The van der Waals surface area contributed by atoms with Crippen molar-refractivity contribution in [1.29, 1.82) is 0 Å². The molecule has 0 aliphatic carbocycles. The van der Waals surface area contributed by atoms with E-state index in [4.69, 9.17) is 16.3 Å². The molecule has 2 aromatic carbocycles. The van der Waals surface area contributed by atoms with Crippen LogP contribution < -0.4 is 15.4 Å². The molecule has 0 saturated heterocycles. The molecule has 7 heteroatoms. The third-order valence-electron chi connectivity index (χ3n) is 3.77. The summed E-state index contributed by atoms with van der Waals surface area (Å²) in [6.07, 6.45) is 0. The molecular weight excluding hydrogens is 364 g/mol. The van der Waals surface area contributed by atoms with Crippen molar-refractivity contribution < 1.29 is 9.53 Å². The molecule has 1 amide bonds. The molecule has 6 nitrogen and oxygen atoms in total. The highest BCUT2D eigenvalue weighted by Crippen LogP contribution is 2.28. The summed E-state index contributed by atoms with van der Waals surface area (Å²) in [5, 5.41) is 6.46. The molecule has 1 heterocycles. The van der Waals surface area contributed by atoms with Crippen LogP contribution >= 0.6 is 11.6 Å². The van der Waals surface area contributed by atoms with Crippen molar-refractivity contribution in [2.45, 2.75) is 13.8 Å². The maximum Gasteiger partial charge on any atom is 0.274 e. The summed E-state index contributed by atoms with van der Waals surface area (Å²) in [5.74, 6) is 1.26. The number of carbonyl (C=O) groups excluding carboxylic acids is 1. The van der Waals surface area contributed by atoms with Crippen LogP contribution in [0.5, 0.6) is 5.75 Å². The van der Waals surface area contributed by atoms with Gasteiger partial charge in [0.05, 0.1) is 12.1 Å². The number of benzene rings is 2. The summed E-state index contributed by atoms with van der Waals surface area (Å²) >= 11 is 6.15. The van der Waals surface area contributed by atoms with E-state index in [0.717, 1.165) is 11.3 Å². The van der Waals surface area contributed by atoms with Crippen LogP contribution in [0, 0.1) is 13.8 Å². The molecule has 0 aliphatic rings. The van der Waals surface area contributed by atoms with E-state index >= 15 is 0 Å². The lowest BCUT2D eigenvalue weighted by Gasteiger charge is -2.11. The molecule has 0 unspecified atom stereocenters. The number of anilines is 3. The van der Waals surface area contributed by atoms with Crippen LogP contribution in [0.4, 0.5) is 17.2 Å². The topological polar surface area (TPSA) is 76.1 Å². The molecule has 0 spiro atoms. The molecule has 2 N–H and O–H groups in total. The van der Waals surface area contributed by atoms with Crippen molar-refractivity contribution in [1.82, 2.24) is 9.97 Å². The number of nitrogens with zero attached hydrogens (tertiary/aromatic N) is 2. The standard InChI is InChI=1S/C20H19ClN4O2/c1-12-5-4-6-14(9-12)25-20(26)17-11-19(23-13(2)22-17)24-15-7-8-18(27-3)16(21)10-15/h4-11H,1-3H3,(H,25,26)(H,22,23,24). The van der Waals surface area contributed by atoms with Gasteiger partial charge < -0.3 is 15.4 Å². The summed E-state index contributed by atoms with van der Waals surface area (Å²) in [7, 11) is 1.56. The first kappa shape index (κ1) is 18.7. The first-order valence-corrected chi connectivity index (χ1v) is 8.66. The summed E-state index contributed by atoms with van der Waals surface area (Å²) in [6.45, 7) is 3.70. The number of carbonyl (C=O) groups is 1. The second-order valence-corrected chi connectivity index (χ2v) is 6.39. The van der Waals surface area contributed by atoms with E-state index in [-0.39, 0.29) is 11.6 Å². The number of hydrogen-bond donors (Lipinski definition) is 2. The maximum absolute atomic E-state index is 12.6. The smallest absolute Gasteiger partial charge is 0.274 e. The lowest BCUT2D eigenvalue weighted by Crippen LogP contribution is -2.15. The predicted molar refractivity (Wildman–Crippen MR) is 107 cm³/mol. The molecule has 0 bridgehead atoms. The van der Waals surface area contributed by atoms with Gasteiger partial charge in [-0.1, -0.05) is 23.7 Å². The van der Waals surface area contributed by atoms with Crippen LogP contribution in [-0.4, -0.2) is 23.0 Å². The minimum Gasteiger partial charge on any atom is -0.495 e. The first-order valence-electron chi connectivity index (χ1n) is 8.29. The van der Waals surface area contributed by atoms with Gasteiger partial charge in [-0.2, -0.15) is 0 Å². The van der Waals surface area contributed by atoms with Gasteiger partial charge in [-0.15, -0.1) is 0 Å². The Morgan fingerprint density at radius 1 is 1.04 bits per heavy atom. The Morgan fingerprint density at radius 3 is 2.56 bits per heavy atom. The third-order valence-corrected chi connectivity index (χ3v) is 4.07. The molecule has 0 saturated carbocycles. The fourth-order valence-electron chi connectivity index (χ4n) is 2.56. The van der Waals surface area contributed by atoms with E-state index in [2.05, 4.69) is 20.6 Å². The average molecular weight is 383 g/mol. The van der Waals surface area contributed by atoms with Gasteiger partial charge in [0.2, 0.25) is 0 Å². The number of ether oxygens (including phenoxy) is 1. The summed E-state index contributed by atoms with van der Waals surface area (Å²) in [4.78, 5) is 21.1. The van der Waals surface area contributed by atoms with Crippen LogP contribution in [0.15, 0.2) is 48.5 Å². The molecular formula is C20H19ClN4O2. The maximum atomic E-state index is 12.6. The number of rotatable bonds is 5. The molecule has 0 atom stereocenters. The second-order valence-electron chi connectivity index (χ2n) is 5.98. The van der Waals surface area contributed by atoms with Gasteiger partial charge in [-0.3, -0.25) is 4.79 Å². The lowest BCUT2D eigenvalue weighted by molar-refractivity contribution is 0.102. The monoisotopic (exact) mass is 382 g/mol. The molecule has 3 aromatic rings. The van der Waals surface area contributed by atoms with Gasteiger partial charge in [-0.25, -0.2) is 9.97 Å². The van der Waals surface area contributed by atoms with Crippen molar-refractivity contribution in [2.75, 3.05) is 17.7 Å². The molecule has 0 aliphatic heterocycles. The van der Waals surface area contributed by atoms with Crippen molar-refractivity contribution in [3.63, 3.8) is 0 Å². The highest BCUT2D eigenvalue weighted by atomic mass is 35.5. The summed E-state index contributed by atoms with van der Waals surface area (Å²) in [6, 6.07) is 14.5. The van der Waals surface area contributed by atoms with Gasteiger partial charge in [0.1, 0.15) is 23.1 Å². The zero-order valence-corrected chi connectivity index (χ0v) is 16.0. The van der Waals surface area contributed by atoms with Gasteiger partial charge in [0, 0.05) is 17.4 Å². The zero-order valence-electron chi connectivity index (χ0n) is 15.2. The number of nitrogens with one attached hydrogen (secondary N) is 2. The minimum absolute atomic E-state index is 0.270. The Hall–Kier alpha value is -3.12. The fourth-order valence-corrected chi connectivity index (χ4v) is 2.82. The Morgan fingerprint density at radius 2 is 1.85 bits per heavy atom. The third kappa shape index (κ3) is 4.74.